The highest BCUT2D eigenvalue weighted by atomic mass is 16.5. The van der Waals surface area contributed by atoms with Crippen molar-refractivity contribution in [3.63, 3.8) is 0 Å². The van der Waals surface area contributed by atoms with Crippen LogP contribution in [0.2, 0.25) is 0 Å². The molecule has 0 rings (SSSR count). The molecule has 0 aromatic heterocycles. The molecule has 0 aliphatic rings. The summed E-state index contributed by atoms with van der Waals surface area (Å²) in [6.45, 7) is 13.5. The largest absolute Gasteiger partial charge is 0.377 e. The molecule has 0 radical (unpaired) electrons. The van der Waals surface area contributed by atoms with Crippen LogP contribution in [0.5, 0.6) is 0 Å². The van der Waals surface area contributed by atoms with E-state index in [2.05, 4.69) is 13.2 Å². The number of rotatable bonds is 10. The molecule has 0 spiro atoms. The summed E-state index contributed by atoms with van der Waals surface area (Å²) in [6.07, 6.45) is 3.69. The lowest BCUT2D eigenvalue weighted by atomic mass is 10.4. The minimum absolute atomic E-state index is 0.0886. The van der Waals surface area contributed by atoms with Gasteiger partial charge in [-0.1, -0.05) is 12.2 Å². The van der Waals surface area contributed by atoms with Crippen LogP contribution in [0.15, 0.2) is 25.3 Å². The first-order chi connectivity index (χ1) is 7.20. The summed E-state index contributed by atoms with van der Waals surface area (Å²) in [5.74, 6) is 0. The summed E-state index contributed by atoms with van der Waals surface area (Å²) in [6, 6.07) is 0. The molecule has 0 aromatic carbocycles. The fourth-order valence-corrected chi connectivity index (χ4v) is 0.824. The normalized spacial score (nSPS) is 14.5. The highest BCUT2D eigenvalue weighted by Gasteiger charge is 1.96. The molecular formula is C12H22O3. The van der Waals surface area contributed by atoms with Gasteiger partial charge in [0.1, 0.15) is 0 Å². The zero-order valence-electron chi connectivity index (χ0n) is 9.78. The monoisotopic (exact) mass is 214 g/mol. The van der Waals surface area contributed by atoms with Crippen LogP contribution in [0.3, 0.4) is 0 Å². The quantitative estimate of drug-likeness (QED) is 0.412. The van der Waals surface area contributed by atoms with E-state index < -0.39 is 0 Å². The zero-order chi connectivity index (χ0) is 11.5. The van der Waals surface area contributed by atoms with E-state index in [1.165, 1.54) is 0 Å². The summed E-state index contributed by atoms with van der Waals surface area (Å²) >= 11 is 0. The molecule has 0 amide bonds. The molecule has 3 nitrogen and oxygen atoms in total. The van der Waals surface area contributed by atoms with Crippen LogP contribution in [0.25, 0.3) is 0 Å². The molecule has 0 bridgehead atoms. The Morgan fingerprint density at radius 1 is 0.867 bits per heavy atom. The minimum atomic E-state index is 0.0886. The first-order valence-corrected chi connectivity index (χ1v) is 5.26. The average Bonchev–Trinajstić information content (AvgIpc) is 2.26. The highest BCUT2D eigenvalue weighted by Crippen LogP contribution is 1.92. The first-order valence-electron chi connectivity index (χ1n) is 5.26. The van der Waals surface area contributed by atoms with Crippen molar-refractivity contribution in [1.29, 1.82) is 0 Å². The summed E-state index contributed by atoms with van der Waals surface area (Å²) < 4.78 is 16.0. The van der Waals surface area contributed by atoms with E-state index in [9.17, 15) is 0 Å². The third kappa shape index (κ3) is 9.66. The van der Waals surface area contributed by atoms with Crippen molar-refractivity contribution in [2.24, 2.45) is 0 Å². The van der Waals surface area contributed by atoms with Crippen LogP contribution in [-0.4, -0.2) is 38.6 Å². The van der Waals surface area contributed by atoms with Gasteiger partial charge in [-0.3, -0.25) is 0 Å². The maximum absolute atomic E-state index is 5.34. The van der Waals surface area contributed by atoms with Crippen molar-refractivity contribution in [2.75, 3.05) is 26.4 Å². The van der Waals surface area contributed by atoms with Crippen LogP contribution < -0.4 is 0 Å². The molecule has 2 atom stereocenters. The number of ether oxygens (including phenoxy) is 3. The maximum atomic E-state index is 5.34. The second-order valence-corrected chi connectivity index (χ2v) is 3.24. The van der Waals surface area contributed by atoms with E-state index in [1.54, 1.807) is 12.2 Å². The predicted molar refractivity (Wildman–Crippen MR) is 62.0 cm³/mol. The Labute approximate surface area is 92.7 Å². The molecule has 88 valence electrons. The lowest BCUT2D eigenvalue weighted by Crippen LogP contribution is -2.14. The molecule has 3 heteroatoms. The third-order valence-corrected chi connectivity index (χ3v) is 1.88. The van der Waals surface area contributed by atoms with E-state index in [1.807, 2.05) is 13.8 Å². The molecule has 0 saturated carbocycles. The third-order valence-electron chi connectivity index (χ3n) is 1.88. The molecule has 0 saturated heterocycles. The maximum Gasteiger partial charge on any atom is 0.0726 e. The van der Waals surface area contributed by atoms with E-state index in [0.29, 0.717) is 26.4 Å². The second kappa shape index (κ2) is 9.90. The molecule has 0 aromatic rings. The molecule has 0 heterocycles. The van der Waals surface area contributed by atoms with Crippen LogP contribution in [-0.2, 0) is 14.2 Å². The van der Waals surface area contributed by atoms with Gasteiger partial charge in [0.05, 0.1) is 38.6 Å². The topological polar surface area (TPSA) is 27.7 Å². The lowest BCUT2D eigenvalue weighted by Gasteiger charge is -2.10. The van der Waals surface area contributed by atoms with Crippen molar-refractivity contribution in [3.8, 4) is 0 Å². The Kier molecular flexibility index (Phi) is 9.48. The van der Waals surface area contributed by atoms with E-state index in [0.717, 1.165) is 0 Å². The molecule has 0 fully saturated rings. The van der Waals surface area contributed by atoms with Gasteiger partial charge in [0.25, 0.3) is 0 Å². The number of hydrogen-bond acceptors (Lipinski definition) is 3. The fraction of sp³-hybridized carbons (Fsp3) is 0.667. The lowest BCUT2D eigenvalue weighted by molar-refractivity contribution is -0.00315. The van der Waals surface area contributed by atoms with Gasteiger partial charge in [-0.05, 0) is 13.8 Å². The van der Waals surface area contributed by atoms with Gasteiger partial charge in [0.2, 0.25) is 0 Å². The van der Waals surface area contributed by atoms with Crippen LogP contribution in [0.4, 0.5) is 0 Å². The van der Waals surface area contributed by atoms with Gasteiger partial charge in [-0.2, -0.15) is 0 Å². The minimum Gasteiger partial charge on any atom is -0.377 e. The number of hydrogen-bond donors (Lipinski definition) is 0. The fourth-order valence-electron chi connectivity index (χ4n) is 0.824. The first kappa shape index (κ1) is 14.4. The van der Waals surface area contributed by atoms with Gasteiger partial charge >= 0.3 is 0 Å². The molecular weight excluding hydrogens is 192 g/mol. The van der Waals surface area contributed by atoms with Crippen molar-refractivity contribution >= 4 is 0 Å². The van der Waals surface area contributed by atoms with Crippen LogP contribution in [0, 0.1) is 0 Å². The van der Waals surface area contributed by atoms with E-state index >= 15 is 0 Å². The molecule has 0 aliphatic carbocycles. The van der Waals surface area contributed by atoms with E-state index in [4.69, 9.17) is 14.2 Å². The van der Waals surface area contributed by atoms with Gasteiger partial charge in [-0.25, -0.2) is 0 Å². The summed E-state index contributed by atoms with van der Waals surface area (Å²) in [4.78, 5) is 0. The highest BCUT2D eigenvalue weighted by molar-refractivity contribution is 4.75. The molecule has 0 N–H and O–H groups in total. The van der Waals surface area contributed by atoms with E-state index in [-0.39, 0.29) is 12.2 Å². The Morgan fingerprint density at radius 2 is 1.27 bits per heavy atom. The Balaban J connectivity index is 3.11. The average molecular weight is 214 g/mol. The van der Waals surface area contributed by atoms with Crippen LogP contribution >= 0.6 is 0 Å². The van der Waals surface area contributed by atoms with Gasteiger partial charge in [-0.15, -0.1) is 13.2 Å². The molecule has 15 heavy (non-hydrogen) atoms. The summed E-state index contributed by atoms with van der Waals surface area (Å²) in [5, 5.41) is 0. The molecule has 0 aliphatic heterocycles. The van der Waals surface area contributed by atoms with Gasteiger partial charge in [0.15, 0.2) is 0 Å². The van der Waals surface area contributed by atoms with Crippen LogP contribution in [0.1, 0.15) is 13.8 Å². The Morgan fingerprint density at radius 3 is 1.60 bits per heavy atom. The zero-order valence-corrected chi connectivity index (χ0v) is 9.78. The van der Waals surface area contributed by atoms with Gasteiger partial charge < -0.3 is 14.2 Å². The standard InChI is InChI=1S/C12H22O3/c1-5-11(3)14-9-7-13-8-10-15-12(4)6-2/h5-6,11-12H,1-2,7-10H2,3-4H3. The van der Waals surface area contributed by atoms with Crippen molar-refractivity contribution in [3.05, 3.63) is 25.3 Å². The second-order valence-electron chi connectivity index (χ2n) is 3.24. The predicted octanol–water partition coefficient (Wildman–Crippen LogP) is 2.19. The smallest absolute Gasteiger partial charge is 0.0726 e. The van der Waals surface area contributed by atoms with Crippen molar-refractivity contribution < 1.29 is 14.2 Å². The molecule has 2 unspecified atom stereocenters. The Hall–Kier alpha value is -0.640. The van der Waals surface area contributed by atoms with Gasteiger partial charge in [0, 0.05) is 0 Å². The Bertz CT molecular complexity index is 150. The van der Waals surface area contributed by atoms with Crippen molar-refractivity contribution in [2.45, 2.75) is 26.1 Å². The SMILES string of the molecule is C=CC(C)OCCOCCOC(C)C=C. The summed E-state index contributed by atoms with van der Waals surface area (Å²) in [5.41, 5.74) is 0. The van der Waals surface area contributed by atoms with Crippen molar-refractivity contribution in [1.82, 2.24) is 0 Å². The summed E-state index contributed by atoms with van der Waals surface area (Å²) in [7, 11) is 0.